The lowest BCUT2D eigenvalue weighted by molar-refractivity contribution is -0.135. The monoisotopic (exact) mass is 330 g/mol. The van der Waals surface area contributed by atoms with Gasteiger partial charge in [-0.15, -0.1) is 0 Å². The molecular formula is C18H26N4O2. The molecule has 0 aliphatic carbocycles. The van der Waals surface area contributed by atoms with Crippen LogP contribution in [0.2, 0.25) is 0 Å². The highest BCUT2D eigenvalue weighted by molar-refractivity contribution is 5.78. The van der Waals surface area contributed by atoms with Crippen LogP contribution in [0.25, 0.3) is 5.65 Å². The van der Waals surface area contributed by atoms with Crippen molar-refractivity contribution in [2.75, 3.05) is 13.1 Å². The molecule has 0 bridgehead atoms. The number of hydrogen-bond donors (Lipinski definition) is 1. The van der Waals surface area contributed by atoms with E-state index < -0.39 is 0 Å². The minimum atomic E-state index is -0.0165. The van der Waals surface area contributed by atoms with Crippen LogP contribution in [-0.4, -0.2) is 38.5 Å². The minimum Gasteiger partial charge on any atom is -0.342 e. The Morgan fingerprint density at radius 1 is 1.46 bits per heavy atom. The third kappa shape index (κ3) is 2.85. The van der Waals surface area contributed by atoms with E-state index in [4.69, 9.17) is 0 Å². The molecule has 0 unspecified atom stereocenters. The fourth-order valence-corrected chi connectivity index (χ4v) is 3.60. The SMILES string of the molecule is CCc1c(C)nc2cc([C@@H]3CCCN(C(=O)C(C)C)C3)[nH]n2c1=O. The van der Waals surface area contributed by atoms with Crippen LogP contribution in [0, 0.1) is 12.8 Å². The Labute approximate surface area is 141 Å². The van der Waals surface area contributed by atoms with Gasteiger partial charge in [0, 0.05) is 47.9 Å². The Morgan fingerprint density at radius 2 is 2.21 bits per heavy atom. The summed E-state index contributed by atoms with van der Waals surface area (Å²) in [6, 6.07) is 1.96. The lowest BCUT2D eigenvalue weighted by Crippen LogP contribution is -2.41. The summed E-state index contributed by atoms with van der Waals surface area (Å²) in [5, 5.41) is 3.23. The molecule has 6 heteroatoms. The van der Waals surface area contributed by atoms with Gasteiger partial charge in [-0.3, -0.25) is 14.7 Å². The lowest BCUT2D eigenvalue weighted by atomic mass is 9.94. The van der Waals surface area contributed by atoms with Crippen molar-refractivity contribution in [2.45, 2.75) is 52.9 Å². The zero-order valence-electron chi connectivity index (χ0n) is 14.9. The molecule has 1 aliphatic rings. The quantitative estimate of drug-likeness (QED) is 0.938. The molecule has 1 saturated heterocycles. The van der Waals surface area contributed by atoms with Crippen LogP contribution in [0.15, 0.2) is 10.9 Å². The third-order valence-electron chi connectivity index (χ3n) is 4.96. The normalized spacial score (nSPS) is 18.5. The second-order valence-electron chi connectivity index (χ2n) is 7.02. The number of nitrogens with zero attached hydrogens (tertiary/aromatic N) is 3. The molecule has 24 heavy (non-hydrogen) atoms. The molecule has 0 radical (unpaired) electrons. The first-order valence-electron chi connectivity index (χ1n) is 8.82. The second kappa shape index (κ2) is 6.42. The minimum absolute atomic E-state index is 0.0165. The first-order chi connectivity index (χ1) is 11.4. The summed E-state index contributed by atoms with van der Waals surface area (Å²) in [6.07, 6.45) is 2.68. The molecule has 0 aromatic carbocycles. The molecule has 2 aromatic heterocycles. The maximum atomic E-state index is 12.6. The van der Waals surface area contributed by atoms with Gasteiger partial charge in [-0.1, -0.05) is 20.8 Å². The summed E-state index contributed by atoms with van der Waals surface area (Å²) in [4.78, 5) is 31.3. The van der Waals surface area contributed by atoms with Gasteiger partial charge in [-0.25, -0.2) is 9.50 Å². The number of piperidine rings is 1. The average Bonchev–Trinajstić information content (AvgIpc) is 2.98. The fraction of sp³-hybridized carbons (Fsp3) is 0.611. The Hall–Kier alpha value is -2.11. The molecule has 0 spiro atoms. The van der Waals surface area contributed by atoms with E-state index in [2.05, 4.69) is 10.1 Å². The van der Waals surface area contributed by atoms with Crippen molar-refractivity contribution in [3.8, 4) is 0 Å². The topological polar surface area (TPSA) is 70.5 Å². The van der Waals surface area contributed by atoms with Gasteiger partial charge in [0.25, 0.3) is 5.56 Å². The largest absolute Gasteiger partial charge is 0.342 e. The van der Waals surface area contributed by atoms with E-state index in [1.165, 1.54) is 0 Å². The zero-order valence-corrected chi connectivity index (χ0v) is 14.9. The number of nitrogens with one attached hydrogen (secondary N) is 1. The van der Waals surface area contributed by atoms with E-state index in [1.807, 2.05) is 38.7 Å². The highest BCUT2D eigenvalue weighted by Gasteiger charge is 2.27. The van der Waals surface area contributed by atoms with Gasteiger partial charge in [0.05, 0.1) is 0 Å². The van der Waals surface area contributed by atoms with Gasteiger partial charge in [-0.2, -0.15) is 0 Å². The molecule has 1 fully saturated rings. The van der Waals surface area contributed by atoms with Gasteiger partial charge in [0.15, 0.2) is 5.65 Å². The van der Waals surface area contributed by atoms with Gasteiger partial charge in [0.2, 0.25) is 5.91 Å². The molecule has 3 rings (SSSR count). The molecular weight excluding hydrogens is 304 g/mol. The van der Waals surface area contributed by atoms with Gasteiger partial charge >= 0.3 is 0 Å². The number of carbonyl (C=O) groups excluding carboxylic acids is 1. The highest BCUT2D eigenvalue weighted by Crippen LogP contribution is 2.27. The van der Waals surface area contributed by atoms with Crippen molar-refractivity contribution in [1.82, 2.24) is 19.5 Å². The second-order valence-corrected chi connectivity index (χ2v) is 7.02. The molecule has 130 valence electrons. The average molecular weight is 330 g/mol. The third-order valence-corrected chi connectivity index (χ3v) is 4.96. The van der Waals surface area contributed by atoms with Crippen LogP contribution < -0.4 is 5.56 Å². The fourth-order valence-electron chi connectivity index (χ4n) is 3.60. The number of carbonyl (C=O) groups is 1. The van der Waals surface area contributed by atoms with Gasteiger partial charge in [0.1, 0.15) is 0 Å². The predicted molar refractivity (Wildman–Crippen MR) is 93.3 cm³/mol. The first kappa shape index (κ1) is 16.7. The van der Waals surface area contributed by atoms with E-state index in [-0.39, 0.29) is 23.3 Å². The van der Waals surface area contributed by atoms with Crippen LogP contribution in [0.1, 0.15) is 56.5 Å². The van der Waals surface area contributed by atoms with Crippen molar-refractivity contribution >= 4 is 11.6 Å². The van der Waals surface area contributed by atoms with Crippen LogP contribution >= 0.6 is 0 Å². The van der Waals surface area contributed by atoms with Crippen LogP contribution in [0.5, 0.6) is 0 Å². The van der Waals surface area contributed by atoms with E-state index in [0.717, 1.165) is 36.3 Å². The first-order valence-corrected chi connectivity index (χ1v) is 8.82. The van der Waals surface area contributed by atoms with Gasteiger partial charge < -0.3 is 4.90 Å². The van der Waals surface area contributed by atoms with Crippen LogP contribution in [-0.2, 0) is 11.2 Å². The van der Waals surface area contributed by atoms with E-state index >= 15 is 0 Å². The Kier molecular flexibility index (Phi) is 4.47. The molecule has 1 amide bonds. The summed E-state index contributed by atoms with van der Waals surface area (Å²) in [6.45, 7) is 9.26. The summed E-state index contributed by atoms with van der Waals surface area (Å²) < 4.78 is 1.55. The number of fused-ring (bicyclic) bond motifs is 1. The number of aryl methyl sites for hydroxylation is 1. The van der Waals surface area contributed by atoms with Crippen molar-refractivity contribution in [3.63, 3.8) is 0 Å². The Balaban J connectivity index is 1.93. The maximum Gasteiger partial charge on any atom is 0.276 e. The molecule has 2 aromatic rings. The number of likely N-dealkylation sites (tertiary alicyclic amines) is 1. The highest BCUT2D eigenvalue weighted by atomic mass is 16.2. The van der Waals surface area contributed by atoms with Crippen LogP contribution in [0.4, 0.5) is 0 Å². The van der Waals surface area contributed by atoms with E-state index in [9.17, 15) is 9.59 Å². The van der Waals surface area contributed by atoms with E-state index in [0.29, 0.717) is 18.6 Å². The van der Waals surface area contributed by atoms with Crippen molar-refractivity contribution in [3.05, 3.63) is 33.4 Å². The molecule has 1 N–H and O–H groups in total. The number of aromatic amines is 1. The maximum absolute atomic E-state index is 12.6. The Morgan fingerprint density at radius 3 is 2.88 bits per heavy atom. The summed E-state index contributed by atoms with van der Waals surface area (Å²) in [5.41, 5.74) is 3.19. The van der Waals surface area contributed by atoms with Crippen molar-refractivity contribution < 1.29 is 4.79 Å². The molecule has 6 nitrogen and oxygen atoms in total. The summed E-state index contributed by atoms with van der Waals surface area (Å²) in [7, 11) is 0. The lowest BCUT2D eigenvalue weighted by Gasteiger charge is -2.33. The summed E-state index contributed by atoms with van der Waals surface area (Å²) >= 11 is 0. The van der Waals surface area contributed by atoms with Crippen molar-refractivity contribution in [2.24, 2.45) is 5.92 Å². The molecule has 3 heterocycles. The van der Waals surface area contributed by atoms with E-state index in [1.54, 1.807) is 4.52 Å². The number of H-pyrrole nitrogens is 1. The molecule has 1 atom stereocenters. The predicted octanol–water partition coefficient (Wildman–Crippen LogP) is 2.26. The summed E-state index contributed by atoms with van der Waals surface area (Å²) in [5.74, 6) is 0.452. The Bertz CT molecular complexity index is 818. The standard InChI is InChI=1S/C18H26N4O2/c1-5-14-12(4)19-16-9-15(20-22(16)18(14)24)13-7-6-8-21(10-13)17(23)11(2)3/h9,11,13,20H,5-8,10H2,1-4H3/t13-/m1/s1. The van der Waals surface area contributed by atoms with Crippen LogP contribution in [0.3, 0.4) is 0 Å². The number of amides is 1. The smallest absolute Gasteiger partial charge is 0.276 e. The zero-order chi connectivity index (χ0) is 17.4. The number of aromatic nitrogens is 3. The number of rotatable bonds is 3. The molecule has 0 saturated carbocycles. The number of hydrogen-bond acceptors (Lipinski definition) is 3. The molecule has 1 aliphatic heterocycles. The van der Waals surface area contributed by atoms with Gasteiger partial charge in [-0.05, 0) is 26.2 Å². The van der Waals surface area contributed by atoms with Crippen molar-refractivity contribution in [1.29, 1.82) is 0 Å².